The van der Waals surface area contributed by atoms with Gasteiger partial charge in [0.15, 0.2) is 0 Å². The first-order chi connectivity index (χ1) is 10.6. The summed E-state index contributed by atoms with van der Waals surface area (Å²) in [6.07, 6.45) is 4.78. The molecule has 2 aliphatic rings. The van der Waals surface area contributed by atoms with E-state index in [2.05, 4.69) is 10.6 Å². The zero-order valence-corrected chi connectivity index (χ0v) is 13.2. The second kappa shape index (κ2) is 6.69. The molecule has 2 saturated carbocycles. The third-order valence-electron chi connectivity index (χ3n) is 4.89. The average Bonchev–Trinajstić information content (AvgIpc) is 3.14. The van der Waals surface area contributed by atoms with E-state index in [0.29, 0.717) is 29.6 Å². The third-order valence-corrected chi connectivity index (χ3v) is 5.14. The Balaban J connectivity index is 1.37. The number of benzene rings is 1. The quantitative estimate of drug-likeness (QED) is 0.819. The van der Waals surface area contributed by atoms with E-state index in [9.17, 15) is 9.59 Å². The van der Waals surface area contributed by atoms with Crippen molar-refractivity contribution in [1.29, 1.82) is 0 Å². The summed E-state index contributed by atoms with van der Waals surface area (Å²) in [5, 5.41) is 6.36. The summed E-state index contributed by atoms with van der Waals surface area (Å²) in [7, 11) is 0. The first kappa shape index (κ1) is 15.3. The van der Waals surface area contributed by atoms with Crippen molar-refractivity contribution in [1.82, 2.24) is 10.6 Å². The van der Waals surface area contributed by atoms with E-state index in [0.717, 1.165) is 12.3 Å². The van der Waals surface area contributed by atoms with Crippen LogP contribution in [0.2, 0.25) is 5.02 Å². The Morgan fingerprint density at radius 3 is 2.41 bits per heavy atom. The molecule has 2 fully saturated rings. The third kappa shape index (κ3) is 3.43. The molecule has 3 rings (SSSR count). The number of hydrogen-bond donors (Lipinski definition) is 2. The Morgan fingerprint density at radius 2 is 1.77 bits per heavy atom. The summed E-state index contributed by atoms with van der Waals surface area (Å²) in [4.78, 5) is 24.0. The highest BCUT2D eigenvalue weighted by Gasteiger charge is 2.42. The van der Waals surface area contributed by atoms with Gasteiger partial charge in [0.2, 0.25) is 5.91 Å². The van der Waals surface area contributed by atoms with Gasteiger partial charge in [-0.05, 0) is 55.4 Å². The zero-order valence-electron chi connectivity index (χ0n) is 12.5. The van der Waals surface area contributed by atoms with E-state index in [4.69, 9.17) is 11.6 Å². The van der Waals surface area contributed by atoms with Gasteiger partial charge in [-0.3, -0.25) is 9.59 Å². The van der Waals surface area contributed by atoms with Gasteiger partial charge in [0.05, 0.1) is 0 Å². The van der Waals surface area contributed by atoms with Crippen LogP contribution in [0, 0.1) is 17.8 Å². The van der Waals surface area contributed by atoms with E-state index < -0.39 is 0 Å². The van der Waals surface area contributed by atoms with Crippen LogP contribution in [0.4, 0.5) is 0 Å². The Bertz CT molecular complexity index is 558. The molecule has 2 N–H and O–H groups in total. The fourth-order valence-corrected chi connectivity index (χ4v) is 3.89. The molecule has 1 aromatic rings. The Morgan fingerprint density at radius 1 is 1.05 bits per heavy atom. The van der Waals surface area contributed by atoms with E-state index in [-0.39, 0.29) is 17.7 Å². The summed E-state index contributed by atoms with van der Waals surface area (Å²) in [6, 6.07) is 6.75. The van der Waals surface area contributed by atoms with Crippen molar-refractivity contribution in [3.8, 4) is 0 Å². The molecular formula is C17H21ClN2O2. The highest BCUT2D eigenvalue weighted by Crippen LogP contribution is 2.48. The average molecular weight is 321 g/mol. The topological polar surface area (TPSA) is 58.2 Å². The largest absolute Gasteiger partial charge is 0.354 e. The lowest BCUT2D eigenvalue weighted by atomic mass is 9.88. The second-order valence-electron chi connectivity index (χ2n) is 6.34. The molecule has 4 nitrogen and oxygen atoms in total. The van der Waals surface area contributed by atoms with Crippen LogP contribution in [0.15, 0.2) is 24.3 Å². The fourth-order valence-electron chi connectivity index (χ4n) is 3.76. The molecule has 5 heteroatoms. The predicted molar refractivity (Wildman–Crippen MR) is 85.7 cm³/mol. The molecule has 3 unspecified atom stereocenters. The van der Waals surface area contributed by atoms with Crippen LogP contribution >= 0.6 is 11.6 Å². The Hall–Kier alpha value is -1.55. The summed E-state index contributed by atoms with van der Waals surface area (Å²) < 4.78 is 0. The summed E-state index contributed by atoms with van der Waals surface area (Å²) in [6.45, 7) is 0.917. The lowest BCUT2D eigenvalue weighted by Gasteiger charge is -2.20. The predicted octanol–water partition coefficient (Wildman–Crippen LogP) is 2.62. The molecule has 0 aliphatic heterocycles. The van der Waals surface area contributed by atoms with Crippen molar-refractivity contribution in [2.24, 2.45) is 17.8 Å². The number of carbonyl (C=O) groups excluding carboxylic acids is 2. The number of nitrogens with one attached hydrogen (secondary N) is 2. The van der Waals surface area contributed by atoms with Crippen LogP contribution in [-0.4, -0.2) is 24.9 Å². The van der Waals surface area contributed by atoms with E-state index in [1.54, 1.807) is 24.3 Å². The van der Waals surface area contributed by atoms with Crippen molar-refractivity contribution in [2.45, 2.75) is 25.7 Å². The maximum Gasteiger partial charge on any atom is 0.251 e. The van der Waals surface area contributed by atoms with Crippen LogP contribution in [0.25, 0.3) is 0 Å². The summed E-state index contributed by atoms with van der Waals surface area (Å²) in [5.74, 6) is 1.57. The number of halogens is 1. The van der Waals surface area contributed by atoms with Gasteiger partial charge in [-0.2, -0.15) is 0 Å². The standard InChI is InChI=1S/C17H21ClN2O2/c18-14-5-3-12(4-6-14)16(21)19-7-8-20-17(22)15-10-11-1-2-13(15)9-11/h3-6,11,13,15H,1-2,7-10H2,(H,19,21)(H,20,22). The van der Waals surface area contributed by atoms with Crippen molar-refractivity contribution in [3.63, 3.8) is 0 Å². The van der Waals surface area contributed by atoms with E-state index >= 15 is 0 Å². The lowest BCUT2D eigenvalue weighted by Crippen LogP contribution is -2.39. The first-order valence-electron chi connectivity index (χ1n) is 7.95. The van der Waals surface area contributed by atoms with Crippen molar-refractivity contribution >= 4 is 23.4 Å². The van der Waals surface area contributed by atoms with Gasteiger partial charge in [-0.25, -0.2) is 0 Å². The molecule has 0 aromatic heterocycles. The van der Waals surface area contributed by atoms with Crippen molar-refractivity contribution in [2.75, 3.05) is 13.1 Å². The molecule has 0 spiro atoms. The molecule has 118 valence electrons. The van der Waals surface area contributed by atoms with Gasteiger partial charge in [-0.1, -0.05) is 18.0 Å². The van der Waals surface area contributed by atoms with Gasteiger partial charge in [-0.15, -0.1) is 0 Å². The molecule has 1 aromatic carbocycles. The van der Waals surface area contributed by atoms with Crippen LogP contribution in [0.5, 0.6) is 0 Å². The summed E-state index contributed by atoms with van der Waals surface area (Å²) in [5.41, 5.74) is 0.573. The molecule has 0 saturated heterocycles. The summed E-state index contributed by atoms with van der Waals surface area (Å²) >= 11 is 5.79. The Labute approximate surface area is 135 Å². The maximum absolute atomic E-state index is 12.1. The van der Waals surface area contributed by atoms with Gasteiger partial charge in [0.1, 0.15) is 0 Å². The normalized spacial score (nSPS) is 26.0. The minimum absolute atomic E-state index is 0.147. The van der Waals surface area contributed by atoms with Gasteiger partial charge in [0.25, 0.3) is 5.91 Å². The SMILES string of the molecule is O=C(NCCNC(=O)C1CC2CCC1C2)c1ccc(Cl)cc1. The molecular weight excluding hydrogens is 300 g/mol. The van der Waals surface area contributed by atoms with E-state index in [1.165, 1.54) is 19.3 Å². The Kier molecular flexibility index (Phi) is 4.67. The number of hydrogen-bond acceptors (Lipinski definition) is 2. The molecule has 22 heavy (non-hydrogen) atoms. The van der Waals surface area contributed by atoms with Gasteiger partial charge in [0, 0.05) is 29.6 Å². The molecule has 2 bridgehead atoms. The van der Waals surface area contributed by atoms with Crippen molar-refractivity contribution < 1.29 is 9.59 Å². The number of carbonyl (C=O) groups is 2. The molecule has 0 radical (unpaired) electrons. The molecule has 3 atom stereocenters. The number of amides is 2. The minimum Gasteiger partial charge on any atom is -0.354 e. The first-order valence-corrected chi connectivity index (χ1v) is 8.33. The minimum atomic E-state index is -0.147. The lowest BCUT2D eigenvalue weighted by molar-refractivity contribution is -0.126. The highest BCUT2D eigenvalue weighted by molar-refractivity contribution is 6.30. The highest BCUT2D eigenvalue weighted by atomic mass is 35.5. The fraction of sp³-hybridized carbons (Fsp3) is 0.529. The maximum atomic E-state index is 12.1. The van der Waals surface area contributed by atoms with Gasteiger partial charge < -0.3 is 10.6 Å². The number of fused-ring (bicyclic) bond motifs is 2. The smallest absolute Gasteiger partial charge is 0.251 e. The second-order valence-corrected chi connectivity index (χ2v) is 6.77. The molecule has 2 amide bonds. The van der Waals surface area contributed by atoms with E-state index in [1.807, 2.05) is 0 Å². The number of rotatable bonds is 5. The zero-order chi connectivity index (χ0) is 15.5. The molecule has 0 heterocycles. The molecule has 2 aliphatic carbocycles. The van der Waals surface area contributed by atoms with Crippen LogP contribution in [0.1, 0.15) is 36.0 Å². The van der Waals surface area contributed by atoms with Gasteiger partial charge >= 0.3 is 0 Å². The monoisotopic (exact) mass is 320 g/mol. The van der Waals surface area contributed by atoms with Crippen molar-refractivity contribution in [3.05, 3.63) is 34.9 Å². The van der Waals surface area contributed by atoms with Crippen LogP contribution in [0.3, 0.4) is 0 Å². The van der Waals surface area contributed by atoms with Crippen LogP contribution < -0.4 is 10.6 Å². The van der Waals surface area contributed by atoms with Crippen LogP contribution in [-0.2, 0) is 4.79 Å².